The van der Waals surface area contributed by atoms with Gasteiger partial charge in [-0.2, -0.15) is 0 Å². The lowest BCUT2D eigenvalue weighted by atomic mass is 9.74. The number of carbonyl (C=O) groups excluding carboxylic acids is 1. The van der Waals surface area contributed by atoms with E-state index >= 15 is 0 Å². The third-order valence-electron chi connectivity index (χ3n) is 4.04. The van der Waals surface area contributed by atoms with Gasteiger partial charge in [-0.15, -0.1) is 0 Å². The number of rotatable bonds is 5. The van der Waals surface area contributed by atoms with Crippen LogP contribution in [0.1, 0.15) is 49.9 Å². The Morgan fingerprint density at radius 1 is 1.37 bits per heavy atom. The molecule has 0 aromatic heterocycles. The van der Waals surface area contributed by atoms with Gasteiger partial charge >= 0.3 is 0 Å². The van der Waals surface area contributed by atoms with Crippen LogP contribution in [0.5, 0.6) is 0 Å². The summed E-state index contributed by atoms with van der Waals surface area (Å²) in [5.74, 6) is -0.0512. The van der Waals surface area contributed by atoms with E-state index in [1.807, 2.05) is 13.0 Å². The van der Waals surface area contributed by atoms with Crippen LogP contribution >= 0.6 is 0 Å². The van der Waals surface area contributed by atoms with Crippen molar-refractivity contribution in [1.29, 1.82) is 0 Å². The zero-order valence-corrected chi connectivity index (χ0v) is 11.8. The molecule has 1 saturated carbocycles. The Labute approximate surface area is 114 Å². The first-order chi connectivity index (χ1) is 9.10. The summed E-state index contributed by atoms with van der Waals surface area (Å²) in [6.07, 6.45) is 4.69. The second-order valence-corrected chi connectivity index (χ2v) is 5.27. The molecule has 0 spiro atoms. The average molecular weight is 261 g/mol. The van der Waals surface area contributed by atoms with Gasteiger partial charge in [0.1, 0.15) is 0 Å². The van der Waals surface area contributed by atoms with E-state index in [-0.39, 0.29) is 11.4 Å². The molecule has 0 bridgehead atoms. The smallest absolute Gasteiger partial charge is 0.251 e. The molecule has 4 heteroatoms. The molecule has 0 unspecified atom stereocenters. The Hall–Kier alpha value is -1.71. The van der Waals surface area contributed by atoms with Gasteiger partial charge in [-0.3, -0.25) is 4.79 Å². The van der Waals surface area contributed by atoms with E-state index < -0.39 is 0 Å². The summed E-state index contributed by atoms with van der Waals surface area (Å²) >= 11 is 0. The Bertz CT molecular complexity index is 461. The second kappa shape index (κ2) is 5.51. The van der Waals surface area contributed by atoms with E-state index in [9.17, 15) is 4.79 Å². The molecule has 1 aliphatic rings. The van der Waals surface area contributed by atoms with Gasteiger partial charge in [0.05, 0.1) is 11.4 Å². The van der Waals surface area contributed by atoms with Gasteiger partial charge < -0.3 is 16.4 Å². The van der Waals surface area contributed by atoms with Gasteiger partial charge in [0, 0.05) is 17.6 Å². The van der Waals surface area contributed by atoms with Gasteiger partial charge in [0.2, 0.25) is 0 Å². The number of amides is 1. The number of benzene rings is 1. The van der Waals surface area contributed by atoms with Crippen molar-refractivity contribution in [2.45, 2.75) is 45.1 Å². The Morgan fingerprint density at radius 2 is 2.11 bits per heavy atom. The average Bonchev–Trinajstić information content (AvgIpc) is 2.36. The number of nitrogen functional groups attached to an aromatic ring is 1. The molecule has 2 rings (SSSR count). The highest BCUT2D eigenvalue weighted by Gasteiger charge is 2.35. The summed E-state index contributed by atoms with van der Waals surface area (Å²) in [6, 6.07) is 5.43. The first-order valence-electron chi connectivity index (χ1n) is 7.06. The van der Waals surface area contributed by atoms with Gasteiger partial charge in [-0.25, -0.2) is 0 Å². The number of nitrogens with one attached hydrogen (secondary N) is 2. The van der Waals surface area contributed by atoms with Crippen LogP contribution in [-0.4, -0.2) is 18.0 Å². The molecule has 1 aliphatic carbocycles. The van der Waals surface area contributed by atoms with Gasteiger partial charge in [-0.05, 0) is 50.8 Å². The summed E-state index contributed by atoms with van der Waals surface area (Å²) in [4.78, 5) is 11.8. The number of nitrogens with two attached hydrogens (primary N) is 1. The van der Waals surface area contributed by atoms with E-state index in [2.05, 4.69) is 17.6 Å². The normalized spacial score (nSPS) is 16.5. The minimum atomic E-state index is -0.0512. The molecule has 1 fully saturated rings. The fraction of sp³-hybridized carbons (Fsp3) is 0.533. The first-order valence-corrected chi connectivity index (χ1v) is 7.06. The second-order valence-electron chi connectivity index (χ2n) is 5.27. The van der Waals surface area contributed by atoms with Gasteiger partial charge in [0.15, 0.2) is 0 Å². The molecule has 1 aromatic carbocycles. The molecule has 0 atom stereocenters. The minimum absolute atomic E-state index is 0.0512. The number of anilines is 2. The lowest BCUT2D eigenvalue weighted by Crippen LogP contribution is -2.44. The fourth-order valence-electron chi connectivity index (χ4n) is 2.52. The van der Waals surface area contributed by atoms with Crippen LogP contribution in [0.15, 0.2) is 18.2 Å². The zero-order valence-electron chi connectivity index (χ0n) is 11.8. The standard InChI is InChI=1S/C15H23N3O/c1-3-15(8-5-9-15)18-13-10-11(6-7-12(13)16)14(19)17-4-2/h6-7,10,18H,3-5,8-9,16H2,1-2H3,(H,17,19). The molecule has 0 saturated heterocycles. The first kappa shape index (κ1) is 13.7. The summed E-state index contributed by atoms with van der Waals surface area (Å²) in [5.41, 5.74) is 8.42. The molecule has 0 heterocycles. The van der Waals surface area contributed by atoms with Gasteiger partial charge in [-0.1, -0.05) is 6.92 Å². The highest BCUT2D eigenvalue weighted by molar-refractivity contribution is 5.96. The Balaban J connectivity index is 2.19. The van der Waals surface area contributed by atoms with E-state index in [1.54, 1.807) is 12.1 Å². The largest absolute Gasteiger partial charge is 0.397 e. The highest BCUT2D eigenvalue weighted by atomic mass is 16.1. The topological polar surface area (TPSA) is 67.2 Å². The van der Waals surface area contributed by atoms with Crippen LogP contribution in [0, 0.1) is 0 Å². The zero-order chi connectivity index (χ0) is 13.9. The Morgan fingerprint density at radius 3 is 2.63 bits per heavy atom. The molecule has 4 nitrogen and oxygen atoms in total. The molecule has 4 N–H and O–H groups in total. The van der Waals surface area contributed by atoms with Crippen molar-refractivity contribution in [3.8, 4) is 0 Å². The predicted octanol–water partition coefficient (Wildman–Crippen LogP) is 2.76. The number of hydrogen-bond donors (Lipinski definition) is 3. The number of carbonyl (C=O) groups is 1. The van der Waals surface area contributed by atoms with E-state index in [4.69, 9.17) is 5.73 Å². The molecular weight excluding hydrogens is 238 g/mol. The predicted molar refractivity (Wildman–Crippen MR) is 79.4 cm³/mol. The fourth-order valence-corrected chi connectivity index (χ4v) is 2.52. The lowest BCUT2D eigenvalue weighted by molar-refractivity contribution is 0.0956. The molecule has 1 aromatic rings. The van der Waals surface area contributed by atoms with E-state index in [1.165, 1.54) is 19.3 Å². The van der Waals surface area contributed by atoms with Crippen molar-refractivity contribution in [3.63, 3.8) is 0 Å². The Kier molecular flexibility index (Phi) is 3.98. The molecule has 0 aliphatic heterocycles. The maximum atomic E-state index is 11.8. The van der Waals surface area contributed by atoms with Crippen molar-refractivity contribution in [3.05, 3.63) is 23.8 Å². The van der Waals surface area contributed by atoms with Crippen molar-refractivity contribution >= 4 is 17.3 Å². The van der Waals surface area contributed by atoms with Crippen LogP contribution in [0.25, 0.3) is 0 Å². The highest BCUT2D eigenvalue weighted by Crippen LogP contribution is 2.39. The summed E-state index contributed by atoms with van der Waals surface area (Å²) in [7, 11) is 0. The van der Waals surface area contributed by atoms with Crippen molar-refractivity contribution < 1.29 is 4.79 Å². The summed E-state index contributed by atoms with van der Waals surface area (Å²) in [6.45, 7) is 4.73. The third kappa shape index (κ3) is 2.83. The molecule has 1 amide bonds. The number of hydrogen-bond acceptors (Lipinski definition) is 3. The van der Waals surface area contributed by atoms with Crippen LogP contribution in [0.3, 0.4) is 0 Å². The maximum absolute atomic E-state index is 11.8. The minimum Gasteiger partial charge on any atom is -0.397 e. The van der Waals surface area contributed by atoms with Crippen molar-refractivity contribution in [2.24, 2.45) is 0 Å². The monoisotopic (exact) mass is 261 g/mol. The van der Waals surface area contributed by atoms with Crippen molar-refractivity contribution in [2.75, 3.05) is 17.6 Å². The molecule has 19 heavy (non-hydrogen) atoms. The van der Waals surface area contributed by atoms with Gasteiger partial charge in [0.25, 0.3) is 5.91 Å². The van der Waals surface area contributed by atoms with Crippen LogP contribution in [0.4, 0.5) is 11.4 Å². The maximum Gasteiger partial charge on any atom is 0.251 e. The van der Waals surface area contributed by atoms with Crippen LogP contribution < -0.4 is 16.4 Å². The van der Waals surface area contributed by atoms with Crippen LogP contribution in [-0.2, 0) is 0 Å². The summed E-state index contributed by atoms with van der Waals surface area (Å²) in [5, 5.41) is 6.35. The lowest BCUT2D eigenvalue weighted by Gasteiger charge is -2.43. The SMILES string of the molecule is CCNC(=O)c1ccc(N)c(NC2(CC)CCC2)c1. The van der Waals surface area contributed by atoms with Crippen molar-refractivity contribution in [1.82, 2.24) is 5.32 Å². The quantitative estimate of drug-likeness (QED) is 0.714. The van der Waals surface area contributed by atoms with Crippen LogP contribution in [0.2, 0.25) is 0 Å². The molecule has 0 radical (unpaired) electrons. The molecular formula is C15H23N3O. The molecule has 104 valence electrons. The summed E-state index contributed by atoms with van der Waals surface area (Å²) < 4.78 is 0. The third-order valence-corrected chi connectivity index (χ3v) is 4.04. The van der Waals surface area contributed by atoms with E-state index in [0.29, 0.717) is 17.8 Å². The van der Waals surface area contributed by atoms with E-state index in [0.717, 1.165) is 12.1 Å².